The molecule has 2 rings (SSSR count). The molecule has 1 N–H and O–H groups in total. The molecule has 126 valence electrons. The Morgan fingerprint density at radius 1 is 1.09 bits per heavy atom. The number of amides is 2. The molecule has 0 atom stereocenters. The number of hydrogen-bond acceptors (Lipinski definition) is 3. The first kappa shape index (κ1) is 17.5. The van der Waals surface area contributed by atoms with Gasteiger partial charge in [0.15, 0.2) is 0 Å². The van der Waals surface area contributed by atoms with Gasteiger partial charge in [-0.25, -0.2) is 0 Å². The quantitative estimate of drug-likeness (QED) is 0.906. The summed E-state index contributed by atoms with van der Waals surface area (Å²) in [4.78, 5) is 27.4. The van der Waals surface area contributed by atoms with Crippen molar-refractivity contribution in [2.24, 2.45) is 0 Å². The maximum Gasteiger partial charge on any atom is 0.225 e. The Balaban J connectivity index is 1.72. The monoisotopic (exact) mass is 317 g/mol. The minimum atomic E-state index is 0.0382. The van der Waals surface area contributed by atoms with E-state index in [9.17, 15) is 9.59 Å². The lowest BCUT2D eigenvalue weighted by molar-refractivity contribution is -0.130. The highest BCUT2D eigenvalue weighted by Crippen LogP contribution is 2.17. The Hall–Kier alpha value is -1.88. The number of carbonyl (C=O) groups is 2. The van der Waals surface area contributed by atoms with E-state index in [4.69, 9.17) is 0 Å². The number of nitrogens with one attached hydrogen (secondary N) is 1. The normalized spacial score (nSPS) is 15.7. The molecular formula is C18H27N3O2. The first-order valence-electron chi connectivity index (χ1n) is 8.33. The van der Waals surface area contributed by atoms with Gasteiger partial charge in [-0.2, -0.15) is 0 Å². The van der Waals surface area contributed by atoms with Crippen LogP contribution < -0.4 is 5.32 Å². The maximum absolute atomic E-state index is 12.0. The standard InChI is InChI=1S/C18H27N3O2/c1-14(2)16-4-6-17(7-5-16)19-18(23)8-9-20-10-12-21(13-11-20)15(3)22/h4-7,14H,8-13H2,1-3H3,(H,19,23). The van der Waals surface area contributed by atoms with Gasteiger partial charge < -0.3 is 10.2 Å². The van der Waals surface area contributed by atoms with Crippen LogP contribution in [0.5, 0.6) is 0 Å². The van der Waals surface area contributed by atoms with Gasteiger partial charge >= 0.3 is 0 Å². The Morgan fingerprint density at radius 2 is 1.70 bits per heavy atom. The molecule has 1 saturated heterocycles. The van der Waals surface area contributed by atoms with Crippen molar-refractivity contribution in [3.8, 4) is 0 Å². The topological polar surface area (TPSA) is 52.7 Å². The van der Waals surface area contributed by atoms with Gasteiger partial charge in [0.25, 0.3) is 0 Å². The lowest BCUT2D eigenvalue weighted by Gasteiger charge is -2.34. The fraction of sp³-hybridized carbons (Fsp3) is 0.556. The van der Waals surface area contributed by atoms with Crippen LogP contribution in [0.4, 0.5) is 5.69 Å². The summed E-state index contributed by atoms with van der Waals surface area (Å²) in [5.41, 5.74) is 2.12. The van der Waals surface area contributed by atoms with Crippen molar-refractivity contribution < 1.29 is 9.59 Å². The van der Waals surface area contributed by atoms with Crippen molar-refractivity contribution >= 4 is 17.5 Å². The zero-order valence-corrected chi connectivity index (χ0v) is 14.3. The SMILES string of the molecule is CC(=O)N1CCN(CCC(=O)Nc2ccc(C(C)C)cc2)CC1. The molecule has 1 aromatic carbocycles. The molecule has 1 aliphatic heterocycles. The molecular weight excluding hydrogens is 290 g/mol. The van der Waals surface area contributed by atoms with Gasteiger partial charge in [-0.05, 0) is 23.6 Å². The van der Waals surface area contributed by atoms with E-state index < -0.39 is 0 Å². The van der Waals surface area contributed by atoms with E-state index >= 15 is 0 Å². The van der Waals surface area contributed by atoms with Crippen molar-refractivity contribution in [2.75, 3.05) is 38.0 Å². The highest BCUT2D eigenvalue weighted by molar-refractivity contribution is 5.90. The Kier molecular flexibility index (Phi) is 6.16. The summed E-state index contributed by atoms with van der Waals surface area (Å²) in [6.45, 7) is 9.85. The molecule has 1 heterocycles. The van der Waals surface area contributed by atoms with E-state index in [0.717, 1.165) is 38.4 Å². The molecule has 1 aromatic rings. The molecule has 5 heteroatoms. The summed E-state index contributed by atoms with van der Waals surface area (Å²) in [6, 6.07) is 8.03. The summed E-state index contributed by atoms with van der Waals surface area (Å²) in [5.74, 6) is 0.664. The van der Waals surface area contributed by atoms with Crippen molar-refractivity contribution in [3.63, 3.8) is 0 Å². The van der Waals surface area contributed by atoms with Crippen LogP contribution in [0.3, 0.4) is 0 Å². The Labute approximate surface area is 138 Å². The minimum Gasteiger partial charge on any atom is -0.340 e. The van der Waals surface area contributed by atoms with E-state index in [2.05, 4.69) is 36.2 Å². The van der Waals surface area contributed by atoms with Gasteiger partial charge in [-0.1, -0.05) is 26.0 Å². The van der Waals surface area contributed by atoms with Crippen LogP contribution in [-0.4, -0.2) is 54.3 Å². The summed E-state index contributed by atoms with van der Waals surface area (Å²) in [7, 11) is 0. The molecule has 0 aromatic heterocycles. The smallest absolute Gasteiger partial charge is 0.225 e. The number of hydrogen-bond donors (Lipinski definition) is 1. The summed E-state index contributed by atoms with van der Waals surface area (Å²) < 4.78 is 0. The van der Waals surface area contributed by atoms with Crippen LogP contribution >= 0.6 is 0 Å². The Morgan fingerprint density at radius 3 is 2.22 bits per heavy atom. The zero-order chi connectivity index (χ0) is 16.8. The average molecular weight is 317 g/mol. The van der Waals surface area contributed by atoms with Gasteiger partial charge in [0.05, 0.1) is 0 Å². The molecule has 5 nitrogen and oxygen atoms in total. The predicted molar refractivity (Wildman–Crippen MR) is 92.5 cm³/mol. The summed E-state index contributed by atoms with van der Waals surface area (Å²) in [5, 5.41) is 2.94. The molecule has 1 aliphatic rings. The maximum atomic E-state index is 12.0. The average Bonchev–Trinajstić information content (AvgIpc) is 2.54. The third kappa shape index (κ3) is 5.36. The summed E-state index contributed by atoms with van der Waals surface area (Å²) in [6.07, 6.45) is 0.478. The Bertz CT molecular complexity index is 532. The van der Waals surface area contributed by atoms with E-state index in [0.29, 0.717) is 12.3 Å². The number of piperazine rings is 1. The minimum absolute atomic E-state index is 0.0382. The van der Waals surface area contributed by atoms with E-state index in [-0.39, 0.29) is 11.8 Å². The lowest BCUT2D eigenvalue weighted by atomic mass is 10.0. The van der Waals surface area contributed by atoms with Gasteiger partial charge in [0.2, 0.25) is 11.8 Å². The van der Waals surface area contributed by atoms with Gasteiger partial charge in [-0.15, -0.1) is 0 Å². The van der Waals surface area contributed by atoms with Crippen molar-refractivity contribution in [2.45, 2.75) is 33.1 Å². The highest BCUT2D eigenvalue weighted by Gasteiger charge is 2.18. The van der Waals surface area contributed by atoms with Crippen LogP contribution in [0.2, 0.25) is 0 Å². The number of anilines is 1. The number of benzene rings is 1. The van der Waals surface area contributed by atoms with E-state index in [1.54, 1.807) is 6.92 Å². The van der Waals surface area contributed by atoms with Crippen LogP contribution in [-0.2, 0) is 9.59 Å². The molecule has 2 amide bonds. The van der Waals surface area contributed by atoms with Gasteiger partial charge in [0, 0.05) is 51.8 Å². The fourth-order valence-corrected chi connectivity index (χ4v) is 2.72. The molecule has 0 aliphatic carbocycles. The molecule has 0 bridgehead atoms. The number of nitrogens with zero attached hydrogens (tertiary/aromatic N) is 2. The van der Waals surface area contributed by atoms with Crippen LogP contribution in [0, 0.1) is 0 Å². The molecule has 0 unspecified atom stereocenters. The predicted octanol–water partition coefficient (Wildman–Crippen LogP) is 2.30. The number of rotatable bonds is 5. The fourth-order valence-electron chi connectivity index (χ4n) is 2.72. The van der Waals surface area contributed by atoms with Crippen molar-refractivity contribution in [1.82, 2.24) is 9.80 Å². The van der Waals surface area contributed by atoms with Crippen LogP contribution in [0.1, 0.15) is 38.7 Å². The zero-order valence-electron chi connectivity index (χ0n) is 14.3. The lowest BCUT2D eigenvalue weighted by Crippen LogP contribution is -2.48. The van der Waals surface area contributed by atoms with Crippen LogP contribution in [0.25, 0.3) is 0 Å². The third-order valence-electron chi connectivity index (χ3n) is 4.33. The van der Waals surface area contributed by atoms with E-state index in [1.807, 2.05) is 17.0 Å². The second-order valence-electron chi connectivity index (χ2n) is 6.42. The molecule has 0 spiro atoms. The second-order valence-corrected chi connectivity index (χ2v) is 6.42. The highest BCUT2D eigenvalue weighted by atomic mass is 16.2. The second kappa shape index (κ2) is 8.11. The first-order valence-corrected chi connectivity index (χ1v) is 8.33. The molecule has 0 saturated carbocycles. The largest absolute Gasteiger partial charge is 0.340 e. The molecule has 1 fully saturated rings. The molecule has 0 radical (unpaired) electrons. The van der Waals surface area contributed by atoms with Crippen LogP contribution in [0.15, 0.2) is 24.3 Å². The van der Waals surface area contributed by atoms with Gasteiger partial charge in [0.1, 0.15) is 0 Å². The molecule has 23 heavy (non-hydrogen) atoms. The summed E-state index contributed by atoms with van der Waals surface area (Å²) >= 11 is 0. The first-order chi connectivity index (χ1) is 11.0. The van der Waals surface area contributed by atoms with Crippen molar-refractivity contribution in [3.05, 3.63) is 29.8 Å². The third-order valence-corrected chi connectivity index (χ3v) is 4.33. The van der Waals surface area contributed by atoms with E-state index in [1.165, 1.54) is 5.56 Å². The number of carbonyl (C=O) groups excluding carboxylic acids is 2. The van der Waals surface area contributed by atoms with Crippen molar-refractivity contribution in [1.29, 1.82) is 0 Å². The van der Waals surface area contributed by atoms with Gasteiger partial charge in [-0.3, -0.25) is 14.5 Å².